The highest BCUT2D eigenvalue weighted by atomic mass is 16.5. The first-order valence-corrected chi connectivity index (χ1v) is 4.97. The second-order valence-electron chi connectivity index (χ2n) is 3.61. The zero-order chi connectivity index (χ0) is 10.1. The Bertz CT molecular complexity index is 135. The van der Waals surface area contributed by atoms with Crippen molar-refractivity contribution in [2.24, 2.45) is 5.92 Å². The quantitative estimate of drug-likeness (QED) is 0.485. The molecule has 0 radical (unpaired) electrons. The van der Waals surface area contributed by atoms with E-state index in [0.29, 0.717) is 18.9 Å². The molecule has 0 aliphatic carbocycles. The van der Waals surface area contributed by atoms with Crippen molar-refractivity contribution in [1.82, 2.24) is 5.32 Å². The van der Waals surface area contributed by atoms with Crippen LogP contribution in [0.25, 0.3) is 0 Å². The molecule has 0 saturated heterocycles. The lowest BCUT2D eigenvalue weighted by atomic mass is 10.1. The van der Waals surface area contributed by atoms with Crippen LogP contribution in [0.3, 0.4) is 0 Å². The average molecular weight is 187 g/mol. The Morgan fingerprint density at radius 1 is 1.46 bits per heavy atom. The molecule has 0 aromatic rings. The van der Waals surface area contributed by atoms with Gasteiger partial charge in [-0.3, -0.25) is 4.79 Å². The van der Waals surface area contributed by atoms with Crippen molar-refractivity contribution in [3.8, 4) is 0 Å². The molecular formula is C10H21NO2. The van der Waals surface area contributed by atoms with Crippen LogP contribution in [0.4, 0.5) is 0 Å². The maximum absolute atomic E-state index is 11.0. The van der Waals surface area contributed by atoms with Crippen LogP contribution in [0.15, 0.2) is 0 Å². The van der Waals surface area contributed by atoms with E-state index in [4.69, 9.17) is 4.74 Å². The normalized spacial score (nSPS) is 10.5. The summed E-state index contributed by atoms with van der Waals surface area (Å²) < 4.78 is 5.03. The lowest BCUT2D eigenvalue weighted by Gasteiger charge is -2.06. The lowest BCUT2D eigenvalue weighted by molar-refractivity contribution is -0.144. The van der Waals surface area contributed by atoms with E-state index in [2.05, 4.69) is 19.2 Å². The summed E-state index contributed by atoms with van der Waals surface area (Å²) in [5.41, 5.74) is 0. The Morgan fingerprint density at radius 3 is 2.69 bits per heavy atom. The van der Waals surface area contributed by atoms with Gasteiger partial charge in [-0.1, -0.05) is 13.8 Å². The van der Waals surface area contributed by atoms with Gasteiger partial charge >= 0.3 is 5.97 Å². The van der Waals surface area contributed by atoms with Gasteiger partial charge in [-0.2, -0.15) is 0 Å². The van der Waals surface area contributed by atoms with Gasteiger partial charge in [0.15, 0.2) is 0 Å². The van der Waals surface area contributed by atoms with Gasteiger partial charge < -0.3 is 10.1 Å². The van der Waals surface area contributed by atoms with Crippen molar-refractivity contribution in [1.29, 1.82) is 0 Å². The van der Waals surface area contributed by atoms with E-state index in [1.54, 1.807) is 0 Å². The third-order valence-corrected chi connectivity index (χ3v) is 1.77. The van der Waals surface area contributed by atoms with E-state index >= 15 is 0 Å². The lowest BCUT2D eigenvalue weighted by Crippen LogP contribution is -2.12. The minimum absolute atomic E-state index is 0.0732. The number of esters is 1. The van der Waals surface area contributed by atoms with Crippen LogP contribution >= 0.6 is 0 Å². The smallest absolute Gasteiger partial charge is 0.305 e. The van der Waals surface area contributed by atoms with Gasteiger partial charge in [0.1, 0.15) is 0 Å². The van der Waals surface area contributed by atoms with Crippen molar-refractivity contribution in [3.05, 3.63) is 0 Å². The monoisotopic (exact) mass is 187 g/mol. The molecule has 0 unspecified atom stereocenters. The summed E-state index contributed by atoms with van der Waals surface area (Å²) >= 11 is 0. The molecule has 0 bridgehead atoms. The number of carbonyl (C=O) groups excluding carboxylic acids is 1. The van der Waals surface area contributed by atoms with Gasteiger partial charge in [0.25, 0.3) is 0 Å². The summed E-state index contributed by atoms with van der Waals surface area (Å²) in [5.74, 6) is 0.529. The van der Waals surface area contributed by atoms with Gasteiger partial charge in [-0.25, -0.2) is 0 Å². The molecule has 0 saturated carbocycles. The average Bonchev–Trinajstić information content (AvgIpc) is 2.04. The van der Waals surface area contributed by atoms with Crippen LogP contribution in [-0.2, 0) is 9.53 Å². The zero-order valence-corrected chi connectivity index (χ0v) is 8.93. The summed E-state index contributed by atoms with van der Waals surface area (Å²) in [6.45, 7) is 5.68. The molecule has 3 heteroatoms. The second kappa shape index (κ2) is 8.05. The van der Waals surface area contributed by atoms with E-state index in [9.17, 15) is 4.79 Å². The van der Waals surface area contributed by atoms with Crippen molar-refractivity contribution in [3.63, 3.8) is 0 Å². The first-order chi connectivity index (χ1) is 6.16. The van der Waals surface area contributed by atoms with Gasteiger partial charge in [-0.15, -0.1) is 0 Å². The fourth-order valence-corrected chi connectivity index (χ4v) is 0.890. The van der Waals surface area contributed by atoms with Crippen LogP contribution in [0.5, 0.6) is 0 Å². The molecule has 0 aromatic heterocycles. The zero-order valence-electron chi connectivity index (χ0n) is 8.93. The number of hydrogen-bond acceptors (Lipinski definition) is 3. The summed E-state index contributed by atoms with van der Waals surface area (Å²) in [5, 5.41) is 2.99. The summed E-state index contributed by atoms with van der Waals surface area (Å²) in [4.78, 5) is 11.0. The van der Waals surface area contributed by atoms with Crippen LogP contribution in [0.2, 0.25) is 0 Å². The van der Waals surface area contributed by atoms with Gasteiger partial charge in [0, 0.05) is 6.42 Å². The second-order valence-corrected chi connectivity index (χ2v) is 3.61. The van der Waals surface area contributed by atoms with Crippen LogP contribution in [-0.4, -0.2) is 26.2 Å². The van der Waals surface area contributed by atoms with E-state index in [-0.39, 0.29) is 5.97 Å². The van der Waals surface area contributed by atoms with Crippen molar-refractivity contribution >= 4 is 5.97 Å². The maximum atomic E-state index is 11.0. The topological polar surface area (TPSA) is 38.3 Å². The minimum Gasteiger partial charge on any atom is -0.466 e. The fraction of sp³-hybridized carbons (Fsp3) is 0.900. The number of hydrogen-bond donors (Lipinski definition) is 1. The molecule has 0 fully saturated rings. The highest BCUT2D eigenvalue weighted by Crippen LogP contribution is 2.00. The van der Waals surface area contributed by atoms with Crippen molar-refractivity contribution < 1.29 is 9.53 Å². The fourth-order valence-electron chi connectivity index (χ4n) is 0.890. The molecule has 0 atom stereocenters. The molecule has 78 valence electrons. The predicted molar refractivity (Wildman–Crippen MR) is 53.6 cm³/mol. The molecule has 13 heavy (non-hydrogen) atoms. The third kappa shape index (κ3) is 9.34. The Morgan fingerprint density at radius 2 is 2.15 bits per heavy atom. The third-order valence-electron chi connectivity index (χ3n) is 1.77. The maximum Gasteiger partial charge on any atom is 0.305 e. The Balaban J connectivity index is 3.20. The number of rotatable bonds is 7. The molecule has 1 N–H and O–H groups in total. The van der Waals surface area contributed by atoms with Gasteiger partial charge in [-0.05, 0) is 32.4 Å². The highest BCUT2D eigenvalue weighted by molar-refractivity contribution is 5.69. The molecule has 0 aliphatic heterocycles. The molecule has 0 aromatic carbocycles. The first-order valence-electron chi connectivity index (χ1n) is 4.97. The SMILES string of the molecule is CNCCCC(=O)OCCC(C)C. The van der Waals surface area contributed by atoms with Gasteiger partial charge in [0.2, 0.25) is 0 Å². The van der Waals surface area contributed by atoms with Crippen molar-refractivity contribution in [2.45, 2.75) is 33.1 Å². The minimum atomic E-state index is -0.0732. The van der Waals surface area contributed by atoms with E-state index in [0.717, 1.165) is 19.4 Å². The highest BCUT2D eigenvalue weighted by Gasteiger charge is 2.02. The van der Waals surface area contributed by atoms with Crippen LogP contribution in [0.1, 0.15) is 33.1 Å². The summed E-state index contributed by atoms with van der Waals surface area (Å²) in [6.07, 6.45) is 2.34. The van der Waals surface area contributed by atoms with Gasteiger partial charge in [0.05, 0.1) is 6.61 Å². The molecule has 0 aliphatic rings. The molecule has 0 spiro atoms. The molecule has 0 rings (SSSR count). The predicted octanol–water partition coefficient (Wildman–Crippen LogP) is 1.58. The Hall–Kier alpha value is -0.570. The Labute approximate surface area is 80.8 Å². The molecular weight excluding hydrogens is 166 g/mol. The number of nitrogens with one attached hydrogen (secondary N) is 1. The largest absolute Gasteiger partial charge is 0.466 e. The Kier molecular flexibility index (Phi) is 7.69. The number of ether oxygens (including phenoxy) is 1. The summed E-state index contributed by atoms with van der Waals surface area (Å²) in [7, 11) is 1.88. The van der Waals surface area contributed by atoms with Crippen molar-refractivity contribution in [2.75, 3.05) is 20.2 Å². The standard InChI is InChI=1S/C10H21NO2/c1-9(2)6-8-13-10(12)5-4-7-11-3/h9,11H,4-8H2,1-3H3. The summed E-state index contributed by atoms with van der Waals surface area (Å²) in [6, 6.07) is 0. The first kappa shape index (κ1) is 12.4. The van der Waals surface area contributed by atoms with E-state index in [1.165, 1.54) is 0 Å². The molecule has 0 heterocycles. The number of carbonyl (C=O) groups is 1. The van der Waals surface area contributed by atoms with E-state index < -0.39 is 0 Å². The van der Waals surface area contributed by atoms with Crippen LogP contribution < -0.4 is 5.32 Å². The van der Waals surface area contributed by atoms with E-state index in [1.807, 2.05) is 7.05 Å². The van der Waals surface area contributed by atoms with Crippen LogP contribution in [0, 0.1) is 5.92 Å². The molecule has 3 nitrogen and oxygen atoms in total. The molecule has 0 amide bonds.